The number of anilines is 1. The number of unbranched alkanes of at least 4 members (excludes halogenated alkanes) is 1. The lowest BCUT2D eigenvalue weighted by molar-refractivity contribution is 0.263. The zero-order valence-electron chi connectivity index (χ0n) is 13.2. The maximum absolute atomic E-state index is 4.82. The summed E-state index contributed by atoms with van der Waals surface area (Å²) < 4.78 is 2.36. The van der Waals surface area contributed by atoms with E-state index >= 15 is 0 Å². The van der Waals surface area contributed by atoms with Gasteiger partial charge in [-0.05, 0) is 51.5 Å². The fraction of sp³-hybridized carbons (Fsp3) is 0.588. The molecule has 1 saturated heterocycles. The number of aromatic nitrogens is 2. The van der Waals surface area contributed by atoms with E-state index in [1.54, 1.807) is 0 Å². The minimum atomic E-state index is 0.554. The number of hydrogen-bond acceptors (Lipinski definition) is 3. The van der Waals surface area contributed by atoms with Crippen LogP contribution in [0.1, 0.15) is 32.6 Å². The van der Waals surface area contributed by atoms with Crippen molar-refractivity contribution in [1.29, 1.82) is 0 Å². The van der Waals surface area contributed by atoms with Crippen molar-refractivity contribution < 1.29 is 0 Å². The summed E-state index contributed by atoms with van der Waals surface area (Å²) in [7, 11) is 2.20. The average Bonchev–Trinajstić information content (AvgIpc) is 2.85. The molecule has 1 aromatic heterocycles. The van der Waals surface area contributed by atoms with E-state index in [4.69, 9.17) is 4.98 Å². The number of para-hydroxylation sites is 2. The van der Waals surface area contributed by atoms with Gasteiger partial charge in [0.05, 0.1) is 11.0 Å². The van der Waals surface area contributed by atoms with Crippen LogP contribution in [0.15, 0.2) is 24.3 Å². The van der Waals surface area contributed by atoms with Gasteiger partial charge in [-0.1, -0.05) is 25.5 Å². The number of imidazole rings is 1. The van der Waals surface area contributed by atoms with E-state index < -0.39 is 0 Å². The van der Waals surface area contributed by atoms with Gasteiger partial charge in [-0.25, -0.2) is 4.98 Å². The van der Waals surface area contributed by atoms with Gasteiger partial charge in [0.2, 0.25) is 5.95 Å². The van der Waals surface area contributed by atoms with Crippen LogP contribution in [0.5, 0.6) is 0 Å². The Balaban J connectivity index is 1.82. The number of fused-ring (bicyclic) bond motifs is 1. The third kappa shape index (κ3) is 3.21. The van der Waals surface area contributed by atoms with Crippen molar-refractivity contribution in [3.05, 3.63) is 24.3 Å². The Bertz CT molecular complexity index is 581. The predicted molar refractivity (Wildman–Crippen MR) is 88.8 cm³/mol. The van der Waals surface area contributed by atoms with Crippen molar-refractivity contribution in [1.82, 2.24) is 14.5 Å². The van der Waals surface area contributed by atoms with Gasteiger partial charge in [0.1, 0.15) is 0 Å². The molecule has 3 rings (SSSR count). The molecule has 4 nitrogen and oxygen atoms in total. The normalized spacial score (nSPS) is 17.4. The smallest absolute Gasteiger partial charge is 0.204 e. The third-order valence-corrected chi connectivity index (χ3v) is 4.44. The molecular weight excluding hydrogens is 260 g/mol. The largest absolute Gasteiger partial charge is 0.353 e. The fourth-order valence-corrected chi connectivity index (χ4v) is 3.06. The first-order chi connectivity index (χ1) is 10.3. The van der Waals surface area contributed by atoms with E-state index in [1.807, 2.05) is 0 Å². The number of nitrogens with one attached hydrogen (secondary N) is 1. The van der Waals surface area contributed by atoms with Crippen LogP contribution in [0.3, 0.4) is 0 Å². The number of benzene rings is 1. The highest BCUT2D eigenvalue weighted by atomic mass is 15.2. The molecule has 1 fully saturated rings. The molecule has 0 atom stereocenters. The second-order valence-electron chi connectivity index (χ2n) is 6.15. The molecule has 0 saturated carbocycles. The zero-order chi connectivity index (χ0) is 14.7. The molecule has 4 heteroatoms. The summed E-state index contributed by atoms with van der Waals surface area (Å²) in [6.07, 6.45) is 4.81. The summed E-state index contributed by atoms with van der Waals surface area (Å²) in [4.78, 5) is 7.22. The van der Waals surface area contributed by atoms with E-state index in [9.17, 15) is 0 Å². The second-order valence-corrected chi connectivity index (χ2v) is 6.15. The molecule has 0 radical (unpaired) electrons. The van der Waals surface area contributed by atoms with Crippen molar-refractivity contribution >= 4 is 17.0 Å². The summed E-state index contributed by atoms with van der Waals surface area (Å²) >= 11 is 0. The standard InChI is InChI=1S/C17H26N4/c1-3-4-11-21-16-8-6-5-7-15(16)19-17(21)18-14-9-12-20(2)13-10-14/h5-8,14H,3-4,9-13H2,1-2H3,(H,18,19). The Morgan fingerprint density at radius 2 is 2.00 bits per heavy atom. The Hall–Kier alpha value is -1.55. The molecule has 2 aromatic rings. The minimum Gasteiger partial charge on any atom is -0.353 e. The molecule has 1 aliphatic heterocycles. The summed E-state index contributed by atoms with van der Waals surface area (Å²) in [5.74, 6) is 1.05. The zero-order valence-corrected chi connectivity index (χ0v) is 13.2. The first-order valence-electron chi connectivity index (χ1n) is 8.18. The molecule has 114 valence electrons. The van der Waals surface area contributed by atoms with E-state index in [0.29, 0.717) is 6.04 Å². The molecule has 0 spiro atoms. The SMILES string of the molecule is CCCCn1c(NC2CCN(C)CC2)nc2ccccc21. The van der Waals surface area contributed by atoms with Crippen LogP contribution in [-0.4, -0.2) is 40.6 Å². The Labute approximate surface area is 127 Å². The van der Waals surface area contributed by atoms with Crippen molar-refractivity contribution in [2.24, 2.45) is 0 Å². The summed E-state index contributed by atoms with van der Waals surface area (Å²) in [5, 5.41) is 3.69. The van der Waals surface area contributed by atoms with Crippen molar-refractivity contribution in [3.63, 3.8) is 0 Å². The number of nitrogens with zero attached hydrogens (tertiary/aromatic N) is 3. The fourth-order valence-electron chi connectivity index (χ4n) is 3.06. The van der Waals surface area contributed by atoms with E-state index in [-0.39, 0.29) is 0 Å². The van der Waals surface area contributed by atoms with E-state index in [0.717, 1.165) is 18.0 Å². The van der Waals surface area contributed by atoms with Gasteiger partial charge in [-0.2, -0.15) is 0 Å². The number of likely N-dealkylation sites (tertiary alicyclic amines) is 1. The quantitative estimate of drug-likeness (QED) is 0.915. The van der Waals surface area contributed by atoms with Crippen LogP contribution in [0.2, 0.25) is 0 Å². The Morgan fingerprint density at radius 3 is 2.76 bits per heavy atom. The molecule has 0 bridgehead atoms. The number of piperidine rings is 1. The summed E-state index contributed by atoms with van der Waals surface area (Å²) in [5.41, 5.74) is 2.35. The molecule has 2 heterocycles. The Kier molecular flexibility index (Phi) is 4.44. The van der Waals surface area contributed by atoms with E-state index in [1.165, 1.54) is 44.3 Å². The Morgan fingerprint density at radius 1 is 1.24 bits per heavy atom. The van der Waals surface area contributed by atoms with Gasteiger partial charge in [-0.3, -0.25) is 0 Å². The second kappa shape index (κ2) is 6.48. The highest BCUT2D eigenvalue weighted by molar-refractivity contribution is 5.78. The minimum absolute atomic E-state index is 0.554. The maximum atomic E-state index is 4.82. The van der Waals surface area contributed by atoms with Crippen LogP contribution in [-0.2, 0) is 6.54 Å². The van der Waals surface area contributed by atoms with Crippen molar-refractivity contribution in [2.45, 2.75) is 45.2 Å². The average molecular weight is 286 g/mol. The first-order valence-corrected chi connectivity index (χ1v) is 8.18. The molecule has 0 unspecified atom stereocenters. The molecule has 0 aliphatic carbocycles. The molecule has 1 aliphatic rings. The maximum Gasteiger partial charge on any atom is 0.204 e. The van der Waals surface area contributed by atoms with Gasteiger partial charge in [0.15, 0.2) is 0 Å². The summed E-state index contributed by atoms with van der Waals surface area (Å²) in [6.45, 7) is 5.63. The molecule has 1 aromatic carbocycles. The number of hydrogen-bond donors (Lipinski definition) is 1. The number of aryl methyl sites for hydroxylation is 1. The molecular formula is C17H26N4. The molecule has 0 amide bonds. The predicted octanol–water partition coefficient (Wildman–Crippen LogP) is 3.34. The topological polar surface area (TPSA) is 33.1 Å². The van der Waals surface area contributed by atoms with Crippen LogP contribution in [0, 0.1) is 0 Å². The van der Waals surface area contributed by atoms with Crippen LogP contribution in [0.4, 0.5) is 5.95 Å². The summed E-state index contributed by atoms with van der Waals surface area (Å²) in [6, 6.07) is 9.01. The van der Waals surface area contributed by atoms with Gasteiger partial charge < -0.3 is 14.8 Å². The van der Waals surface area contributed by atoms with Crippen molar-refractivity contribution in [2.75, 3.05) is 25.5 Å². The lowest BCUT2D eigenvalue weighted by atomic mass is 10.1. The van der Waals surface area contributed by atoms with E-state index in [2.05, 4.69) is 53.0 Å². The van der Waals surface area contributed by atoms with Crippen molar-refractivity contribution in [3.8, 4) is 0 Å². The van der Waals surface area contributed by atoms with Crippen LogP contribution < -0.4 is 5.32 Å². The number of rotatable bonds is 5. The highest BCUT2D eigenvalue weighted by Crippen LogP contribution is 2.22. The third-order valence-electron chi connectivity index (χ3n) is 4.44. The van der Waals surface area contributed by atoms with Crippen LogP contribution in [0.25, 0.3) is 11.0 Å². The van der Waals surface area contributed by atoms with Gasteiger partial charge in [0, 0.05) is 12.6 Å². The highest BCUT2D eigenvalue weighted by Gasteiger charge is 2.19. The lowest BCUT2D eigenvalue weighted by Crippen LogP contribution is -2.37. The molecule has 21 heavy (non-hydrogen) atoms. The first kappa shape index (κ1) is 14.4. The van der Waals surface area contributed by atoms with Gasteiger partial charge in [-0.15, -0.1) is 0 Å². The van der Waals surface area contributed by atoms with Crippen LogP contribution >= 0.6 is 0 Å². The van der Waals surface area contributed by atoms with Gasteiger partial charge >= 0.3 is 0 Å². The lowest BCUT2D eigenvalue weighted by Gasteiger charge is -2.29. The molecule has 1 N–H and O–H groups in total. The van der Waals surface area contributed by atoms with Gasteiger partial charge in [0.25, 0.3) is 0 Å². The monoisotopic (exact) mass is 286 g/mol.